The van der Waals surface area contributed by atoms with Crippen LogP contribution in [0.1, 0.15) is 43.1 Å². The van der Waals surface area contributed by atoms with Crippen LogP contribution >= 0.6 is 0 Å². The largest absolute Gasteiger partial charge is 0.356 e. The van der Waals surface area contributed by atoms with Gasteiger partial charge in [0.05, 0.1) is 17.3 Å². The highest BCUT2D eigenvalue weighted by molar-refractivity contribution is 5.93. The Kier molecular flexibility index (Phi) is 4.22. The van der Waals surface area contributed by atoms with Crippen LogP contribution in [-0.2, 0) is 4.79 Å². The van der Waals surface area contributed by atoms with Gasteiger partial charge >= 0.3 is 0 Å². The summed E-state index contributed by atoms with van der Waals surface area (Å²) in [5.74, 6) is -0.0705. The maximum absolute atomic E-state index is 13.1. The second kappa shape index (κ2) is 6.55. The number of nitrogens with one attached hydrogen (secondary N) is 1. The van der Waals surface area contributed by atoms with E-state index < -0.39 is 5.41 Å². The number of aromatic nitrogens is 3. The Balaban J connectivity index is 1.58. The van der Waals surface area contributed by atoms with E-state index in [0.717, 1.165) is 37.9 Å². The number of para-hydroxylation sites is 1. The molecule has 2 aliphatic heterocycles. The van der Waals surface area contributed by atoms with Gasteiger partial charge in [-0.05, 0) is 44.7 Å². The molecular formula is C19H23N5O2. The summed E-state index contributed by atoms with van der Waals surface area (Å²) in [5, 5.41) is 11.2. The molecule has 7 nitrogen and oxygen atoms in total. The molecule has 7 heteroatoms. The van der Waals surface area contributed by atoms with Crippen LogP contribution < -0.4 is 5.32 Å². The van der Waals surface area contributed by atoms with Gasteiger partial charge in [-0.15, -0.1) is 5.10 Å². The lowest BCUT2D eigenvalue weighted by atomic mass is 9.68. The van der Waals surface area contributed by atoms with Gasteiger partial charge in [-0.1, -0.05) is 23.4 Å². The van der Waals surface area contributed by atoms with Gasteiger partial charge in [-0.2, -0.15) is 0 Å². The van der Waals surface area contributed by atoms with Gasteiger partial charge in [0, 0.05) is 19.1 Å². The maximum Gasteiger partial charge on any atom is 0.276 e. The minimum atomic E-state index is -0.471. The fraction of sp³-hybridized carbons (Fsp3) is 0.474. The molecule has 136 valence electrons. The summed E-state index contributed by atoms with van der Waals surface area (Å²) in [7, 11) is 0. The minimum absolute atomic E-state index is 0.0849. The average molecular weight is 353 g/mol. The summed E-state index contributed by atoms with van der Waals surface area (Å²) in [6.45, 7) is 3.36. The first-order valence-corrected chi connectivity index (χ1v) is 9.19. The summed E-state index contributed by atoms with van der Waals surface area (Å²) >= 11 is 0. The van der Waals surface area contributed by atoms with E-state index in [1.807, 2.05) is 37.3 Å². The summed E-state index contributed by atoms with van der Waals surface area (Å²) in [4.78, 5) is 27.5. The van der Waals surface area contributed by atoms with Crippen molar-refractivity contribution in [1.82, 2.24) is 25.2 Å². The van der Waals surface area contributed by atoms with Crippen molar-refractivity contribution in [2.24, 2.45) is 5.41 Å². The Morgan fingerprint density at radius 1 is 1.23 bits per heavy atom. The third-order valence-corrected chi connectivity index (χ3v) is 5.82. The lowest BCUT2D eigenvalue weighted by Gasteiger charge is -2.49. The van der Waals surface area contributed by atoms with Gasteiger partial charge in [0.1, 0.15) is 0 Å². The van der Waals surface area contributed by atoms with Gasteiger partial charge in [-0.25, -0.2) is 4.68 Å². The van der Waals surface area contributed by atoms with E-state index in [9.17, 15) is 9.59 Å². The van der Waals surface area contributed by atoms with E-state index >= 15 is 0 Å². The fourth-order valence-electron chi connectivity index (χ4n) is 4.29. The number of hydrogen-bond acceptors (Lipinski definition) is 4. The topological polar surface area (TPSA) is 80.1 Å². The zero-order valence-electron chi connectivity index (χ0n) is 14.9. The molecule has 2 atom stereocenters. The number of rotatable bonds is 2. The van der Waals surface area contributed by atoms with Crippen molar-refractivity contribution in [3.63, 3.8) is 0 Å². The van der Waals surface area contributed by atoms with E-state index in [-0.39, 0.29) is 17.9 Å². The summed E-state index contributed by atoms with van der Waals surface area (Å²) in [5.41, 5.74) is 0.699. The molecular weight excluding hydrogens is 330 g/mol. The number of likely N-dealkylation sites (tertiary alicyclic amines) is 1. The fourth-order valence-corrected chi connectivity index (χ4v) is 4.29. The molecule has 1 spiro atoms. The molecule has 0 radical (unpaired) electrons. The van der Waals surface area contributed by atoms with Crippen molar-refractivity contribution in [2.45, 2.75) is 38.6 Å². The molecule has 2 amide bonds. The Morgan fingerprint density at radius 2 is 2.00 bits per heavy atom. The van der Waals surface area contributed by atoms with Crippen molar-refractivity contribution >= 4 is 11.8 Å². The highest BCUT2D eigenvalue weighted by Gasteiger charge is 2.50. The number of amides is 2. The first-order valence-electron chi connectivity index (χ1n) is 9.19. The van der Waals surface area contributed by atoms with E-state index in [1.54, 1.807) is 15.8 Å². The van der Waals surface area contributed by atoms with Crippen LogP contribution in [0.25, 0.3) is 5.69 Å². The van der Waals surface area contributed by atoms with E-state index in [4.69, 9.17) is 0 Å². The Hall–Kier alpha value is -2.70. The predicted molar refractivity (Wildman–Crippen MR) is 95.8 cm³/mol. The molecule has 2 aromatic rings. The first kappa shape index (κ1) is 16.8. The Morgan fingerprint density at radius 3 is 2.77 bits per heavy atom. The van der Waals surface area contributed by atoms with E-state index in [0.29, 0.717) is 12.2 Å². The van der Waals surface area contributed by atoms with Crippen LogP contribution in [0.5, 0.6) is 0 Å². The normalized spacial score (nSPS) is 26.0. The number of benzene rings is 1. The molecule has 0 saturated carbocycles. The number of carbonyl (C=O) groups is 2. The molecule has 1 aromatic heterocycles. The molecule has 1 N–H and O–H groups in total. The van der Waals surface area contributed by atoms with Gasteiger partial charge in [0.15, 0.2) is 5.69 Å². The van der Waals surface area contributed by atoms with Crippen LogP contribution in [0, 0.1) is 5.41 Å². The summed E-state index contributed by atoms with van der Waals surface area (Å²) in [6, 6.07) is 9.43. The SMILES string of the molecule is C[C@H]1N(C(=O)c2cn(-c3ccccc3)nn2)CCC[C@@]12CCCNC2=O. The summed E-state index contributed by atoms with van der Waals surface area (Å²) in [6.07, 6.45) is 5.12. The Labute approximate surface area is 152 Å². The average Bonchev–Trinajstić information content (AvgIpc) is 3.16. The van der Waals surface area contributed by atoms with E-state index in [2.05, 4.69) is 15.6 Å². The van der Waals surface area contributed by atoms with Crippen molar-refractivity contribution in [3.05, 3.63) is 42.2 Å². The molecule has 0 unspecified atom stereocenters. The van der Waals surface area contributed by atoms with Crippen molar-refractivity contribution in [3.8, 4) is 5.69 Å². The third kappa shape index (κ3) is 2.67. The van der Waals surface area contributed by atoms with Gasteiger partial charge < -0.3 is 10.2 Å². The molecule has 3 heterocycles. The second-order valence-corrected chi connectivity index (χ2v) is 7.18. The zero-order chi connectivity index (χ0) is 18.1. The molecule has 1 aromatic carbocycles. The molecule has 2 saturated heterocycles. The molecule has 0 aliphatic carbocycles. The molecule has 2 aliphatic rings. The number of nitrogens with zero attached hydrogens (tertiary/aromatic N) is 4. The predicted octanol–water partition coefficient (Wildman–Crippen LogP) is 1.79. The molecule has 26 heavy (non-hydrogen) atoms. The van der Waals surface area contributed by atoms with Gasteiger partial charge in [0.25, 0.3) is 5.91 Å². The number of hydrogen-bond donors (Lipinski definition) is 1. The third-order valence-electron chi connectivity index (χ3n) is 5.82. The van der Waals surface area contributed by atoms with Crippen LogP contribution in [-0.4, -0.2) is 50.8 Å². The van der Waals surface area contributed by atoms with Crippen molar-refractivity contribution in [2.75, 3.05) is 13.1 Å². The van der Waals surface area contributed by atoms with Gasteiger partial charge in [-0.3, -0.25) is 9.59 Å². The Bertz CT molecular complexity index is 814. The molecule has 4 rings (SSSR count). The molecule has 2 fully saturated rings. The van der Waals surface area contributed by atoms with E-state index in [1.165, 1.54) is 0 Å². The minimum Gasteiger partial charge on any atom is -0.356 e. The van der Waals surface area contributed by atoms with Gasteiger partial charge in [0.2, 0.25) is 5.91 Å². The number of carbonyl (C=O) groups excluding carboxylic acids is 2. The molecule has 0 bridgehead atoms. The summed E-state index contributed by atoms with van der Waals surface area (Å²) < 4.78 is 1.60. The van der Waals surface area contributed by atoms with Crippen molar-refractivity contribution in [1.29, 1.82) is 0 Å². The van der Waals surface area contributed by atoms with Crippen LogP contribution in [0.2, 0.25) is 0 Å². The van der Waals surface area contributed by atoms with Crippen molar-refractivity contribution < 1.29 is 9.59 Å². The van der Waals surface area contributed by atoms with Crippen LogP contribution in [0.3, 0.4) is 0 Å². The smallest absolute Gasteiger partial charge is 0.276 e. The monoisotopic (exact) mass is 353 g/mol. The highest BCUT2D eigenvalue weighted by atomic mass is 16.2. The lowest BCUT2D eigenvalue weighted by molar-refractivity contribution is -0.140. The highest BCUT2D eigenvalue weighted by Crippen LogP contribution is 2.42. The standard InChI is InChI=1S/C19H23N5O2/c1-14-19(9-5-11-20-18(19)26)10-6-12-23(14)17(25)16-13-24(22-21-16)15-7-3-2-4-8-15/h2-4,7-8,13-14H,5-6,9-12H2,1H3,(H,20,26)/t14-,19+/m1/s1. The van der Waals surface area contributed by atoms with Crippen LogP contribution in [0.4, 0.5) is 0 Å². The number of piperidine rings is 2. The zero-order valence-corrected chi connectivity index (χ0v) is 14.9. The maximum atomic E-state index is 13.1. The first-order chi connectivity index (χ1) is 12.6. The quantitative estimate of drug-likeness (QED) is 0.893. The van der Waals surface area contributed by atoms with Crippen LogP contribution in [0.15, 0.2) is 36.5 Å². The second-order valence-electron chi connectivity index (χ2n) is 7.18. The lowest BCUT2D eigenvalue weighted by Crippen LogP contribution is -2.61.